The van der Waals surface area contributed by atoms with E-state index in [1.165, 1.54) is 12.1 Å². The Morgan fingerprint density at radius 2 is 1.92 bits per heavy atom. The van der Waals surface area contributed by atoms with E-state index in [4.69, 9.17) is 39.9 Å². The minimum absolute atomic E-state index is 0.00309. The number of carbonyl (C=O) groups is 1. The minimum Gasteiger partial charge on any atom is -0.506 e. The summed E-state index contributed by atoms with van der Waals surface area (Å²) in [7, 11) is 0. The monoisotopic (exact) mass is 224 g/mol. The van der Waals surface area contributed by atoms with Gasteiger partial charge in [0, 0.05) is 11.1 Å². The fourth-order valence-corrected chi connectivity index (χ4v) is 1.32. The lowest BCUT2D eigenvalue weighted by Gasteiger charge is -2.01. The van der Waals surface area contributed by atoms with E-state index in [0.29, 0.717) is 0 Å². The Bertz CT molecular complexity index is 336. The minimum atomic E-state index is -0.752. The van der Waals surface area contributed by atoms with Crippen LogP contribution in [0.3, 0.4) is 0 Å². The second kappa shape index (κ2) is 3.52. The molecule has 0 amide bonds. The highest BCUT2D eigenvalue weighted by Gasteiger charge is 2.12. The molecule has 12 heavy (non-hydrogen) atoms. The molecule has 1 aromatic rings. The van der Waals surface area contributed by atoms with Crippen LogP contribution in [-0.2, 0) is 0 Å². The fraction of sp³-hybridized carbons (Fsp3) is 0. The van der Waals surface area contributed by atoms with Crippen LogP contribution in [0.2, 0.25) is 10.0 Å². The highest BCUT2D eigenvalue weighted by molar-refractivity contribution is 6.69. The topological polar surface area (TPSA) is 37.3 Å². The summed E-state index contributed by atoms with van der Waals surface area (Å²) in [6.45, 7) is 0. The number of rotatable bonds is 1. The number of phenolic OH excluding ortho intramolecular Hbond substituents is 1. The zero-order valence-corrected chi connectivity index (χ0v) is 7.91. The molecular weight excluding hydrogens is 222 g/mol. The fourth-order valence-electron chi connectivity index (χ4n) is 0.718. The van der Waals surface area contributed by atoms with Crippen LogP contribution in [-0.4, -0.2) is 10.3 Å². The number of benzene rings is 1. The number of phenols is 1. The average Bonchev–Trinajstić information content (AvgIpc) is 1.96. The van der Waals surface area contributed by atoms with Crippen molar-refractivity contribution in [3.63, 3.8) is 0 Å². The Labute approximate surface area is 83.7 Å². The first-order valence-electron chi connectivity index (χ1n) is 2.90. The van der Waals surface area contributed by atoms with Crippen LogP contribution < -0.4 is 0 Å². The summed E-state index contributed by atoms with van der Waals surface area (Å²) < 4.78 is 0. The first-order valence-corrected chi connectivity index (χ1v) is 4.03. The van der Waals surface area contributed by atoms with E-state index in [2.05, 4.69) is 0 Å². The molecule has 0 radical (unpaired) electrons. The molecule has 0 aliphatic carbocycles. The van der Waals surface area contributed by atoms with E-state index in [1.807, 2.05) is 0 Å². The molecule has 0 fully saturated rings. The summed E-state index contributed by atoms with van der Waals surface area (Å²) >= 11 is 16.2. The van der Waals surface area contributed by atoms with Gasteiger partial charge in [0.15, 0.2) is 0 Å². The van der Waals surface area contributed by atoms with E-state index >= 15 is 0 Å². The molecule has 0 unspecified atom stereocenters. The van der Waals surface area contributed by atoms with Crippen molar-refractivity contribution in [2.24, 2.45) is 0 Å². The summed E-state index contributed by atoms with van der Waals surface area (Å²) in [5.41, 5.74) is 0.00309. The van der Waals surface area contributed by atoms with Crippen molar-refractivity contribution in [3.8, 4) is 5.75 Å². The third-order valence-corrected chi connectivity index (χ3v) is 2.05. The van der Waals surface area contributed by atoms with E-state index in [9.17, 15) is 4.79 Å². The predicted octanol–water partition coefficient (Wildman–Crippen LogP) is 3.08. The van der Waals surface area contributed by atoms with Gasteiger partial charge < -0.3 is 5.11 Å². The largest absolute Gasteiger partial charge is 0.506 e. The van der Waals surface area contributed by atoms with E-state index in [1.54, 1.807) is 0 Å². The molecule has 1 aromatic carbocycles. The molecule has 1 rings (SSSR count). The maximum Gasteiger partial charge on any atom is 0.254 e. The van der Waals surface area contributed by atoms with Crippen molar-refractivity contribution in [1.82, 2.24) is 0 Å². The number of halogens is 3. The lowest BCUT2D eigenvalue weighted by atomic mass is 10.2. The van der Waals surface area contributed by atoms with Gasteiger partial charge in [0.05, 0.1) is 10.6 Å². The average molecular weight is 225 g/mol. The summed E-state index contributed by atoms with van der Waals surface area (Å²) in [6, 6.07) is 2.52. The van der Waals surface area contributed by atoms with Gasteiger partial charge in [-0.25, -0.2) is 0 Å². The maximum atomic E-state index is 10.7. The Hall–Kier alpha value is -0.440. The van der Waals surface area contributed by atoms with Crippen LogP contribution in [0, 0.1) is 0 Å². The van der Waals surface area contributed by atoms with Crippen molar-refractivity contribution in [2.45, 2.75) is 0 Å². The van der Waals surface area contributed by atoms with Gasteiger partial charge in [-0.3, -0.25) is 4.79 Å². The molecule has 0 atom stereocenters. The van der Waals surface area contributed by atoms with Crippen LogP contribution >= 0.6 is 34.8 Å². The van der Waals surface area contributed by atoms with Crippen LogP contribution in [0.25, 0.3) is 0 Å². The molecule has 0 aromatic heterocycles. The molecule has 0 saturated carbocycles. The van der Waals surface area contributed by atoms with Crippen molar-refractivity contribution in [1.29, 1.82) is 0 Å². The lowest BCUT2D eigenvalue weighted by Crippen LogP contribution is -1.90. The predicted molar refractivity (Wildman–Crippen MR) is 48.3 cm³/mol. The van der Waals surface area contributed by atoms with Gasteiger partial charge in [0.1, 0.15) is 5.75 Å². The number of hydrogen-bond donors (Lipinski definition) is 1. The van der Waals surface area contributed by atoms with Crippen molar-refractivity contribution >= 4 is 40.0 Å². The van der Waals surface area contributed by atoms with Gasteiger partial charge in [-0.2, -0.15) is 0 Å². The molecule has 5 heteroatoms. The third-order valence-electron chi connectivity index (χ3n) is 1.23. The normalized spacial score (nSPS) is 9.92. The smallest absolute Gasteiger partial charge is 0.254 e. The molecule has 64 valence electrons. The van der Waals surface area contributed by atoms with Crippen molar-refractivity contribution < 1.29 is 9.90 Å². The zero-order valence-electron chi connectivity index (χ0n) is 5.64. The standard InChI is InChI=1S/C7H3Cl3O2/c8-3-1-4(7(10)12)6(9)5(11)2-3/h1-2,11H. The molecule has 0 bridgehead atoms. The molecule has 0 saturated heterocycles. The molecule has 2 nitrogen and oxygen atoms in total. The molecule has 0 spiro atoms. The van der Waals surface area contributed by atoms with Gasteiger partial charge in [0.25, 0.3) is 5.24 Å². The quantitative estimate of drug-likeness (QED) is 0.746. The summed E-state index contributed by atoms with van der Waals surface area (Å²) in [6.07, 6.45) is 0. The highest BCUT2D eigenvalue weighted by atomic mass is 35.5. The van der Waals surface area contributed by atoms with Gasteiger partial charge in [-0.15, -0.1) is 0 Å². The first-order chi connectivity index (χ1) is 5.52. The van der Waals surface area contributed by atoms with Gasteiger partial charge in [0.2, 0.25) is 0 Å². The number of carbonyl (C=O) groups excluding carboxylic acids is 1. The number of hydrogen-bond acceptors (Lipinski definition) is 2. The SMILES string of the molecule is O=C(Cl)c1cc(Cl)cc(O)c1Cl. The van der Waals surface area contributed by atoms with Crippen molar-refractivity contribution in [2.75, 3.05) is 0 Å². The van der Waals surface area contributed by atoms with E-state index < -0.39 is 5.24 Å². The Morgan fingerprint density at radius 3 is 2.42 bits per heavy atom. The van der Waals surface area contributed by atoms with E-state index in [-0.39, 0.29) is 21.4 Å². The maximum absolute atomic E-state index is 10.7. The van der Waals surface area contributed by atoms with Gasteiger partial charge >= 0.3 is 0 Å². The van der Waals surface area contributed by atoms with Crippen LogP contribution in [0.15, 0.2) is 12.1 Å². The second-order valence-electron chi connectivity index (χ2n) is 2.06. The second-order valence-corrected chi connectivity index (χ2v) is 3.22. The lowest BCUT2D eigenvalue weighted by molar-refractivity contribution is 0.108. The van der Waals surface area contributed by atoms with E-state index in [0.717, 1.165) is 0 Å². The zero-order chi connectivity index (χ0) is 9.30. The highest BCUT2D eigenvalue weighted by Crippen LogP contribution is 2.31. The Kier molecular flexibility index (Phi) is 2.83. The van der Waals surface area contributed by atoms with Crippen molar-refractivity contribution in [3.05, 3.63) is 27.7 Å². The van der Waals surface area contributed by atoms with Crippen LogP contribution in [0.1, 0.15) is 10.4 Å². The van der Waals surface area contributed by atoms with Crippen LogP contribution in [0.4, 0.5) is 0 Å². The third kappa shape index (κ3) is 1.83. The van der Waals surface area contributed by atoms with Gasteiger partial charge in [-0.05, 0) is 17.7 Å². The summed E-state index contributed by atoms with van der Waals surface area (Å²) in [5.74, 6) is -0.256. The molecule has 0 heterocycles. The molecule has 1 N–H and O–H groups in total. The Balaban J connectivity index is 3.37. The Morgan fingerprint density at radius 1 is 1.33 bits per heavy atom. The summed E-state index contributed by atoms with van der Waals surface area (Å²) in [4.78, 5) is 10.7. The number of aromatic hydroxyl groups is 1. The first kappa shape index (κ1) is 9.65. The van der Waals surface area contributed by atoms with Gasteiger partial charge in [-0.1, -0.05) is 23.2 Å². The molecule has 0 aliphatic rings. The molecule has 0 aliphatic heterocycles. The molecular formula is C7H3Cl3O2. The van der Waals surface area contributed by atoms with Crippen LogP contribution in [0.5, 0.6) is 5.75 Å². The summed E-state index contributed by atoms with van der Waals surface area (Å²) in [5, 5.41) is 8.48.